The Bertz CT molecular complexity index is 700. The Morgan fingerprint density at radius 1 is 1.35 bits per heavy atom. The molecule has 17 heavy (non-hydrogen) atoms. The number of nitrogens with zero attached hydrogens (tertiary/aromatic N) is 1. The van der Waals surface area contributed by atoms with E-state index in [9.17, 15) is 4.39 Å². The number of fused-ring (bicyclic) bond motifs is 1. The van der Waals surface area contributed by atoms with Crippen LogP contribution in [0.1, 0.15) is 5.56 Å². The van der Waals surface area contributed by atoms with Crippen LogP contribution in [0.25, 0.3) is 20.1 Å². The predicted molar refractivity (Wildman–Crippen MR) is 72.0 cm³/mol. The van der Waals surface area contributed by atoms with Gasteiger partial charge in [0.15, 0.2) is 0 Å². The molecule has 2 N–H and O–H groups in total. The van der Waals surface area contributed by atoms with Gasteiger partial charge in [0, 0.05) is 6.07 Å². The molecule has 0 atom stereocenters. The van der Waals surface area contributed by atoms with Gasteiger partial charge in [-0.25, -0.2) is 9.37 Å². The molecule has 0 spiro atoms. The Morgan fingerprint density at radius 3 is 2.88 bits per heavy atom. The molecule has 0 unspecified atom stereocenters. The van der Waals surface area contributed by atoms with Crippen LogP contribution < -0.4 is 5.73 Å². The molecular weight excluding hydrogens is 255 g/mol. The number of rotatable bonds is 1. The number of benzene rings is 1. The summed E-state index contributed by atoms with van der Waals surface area (Å²) in [4.78, 5) is 5.40. The number of nitrogen functional groups attached to an aromatic ring is 1. The van der Waals surface area contributed by atoms with Crippen molar-refractivity contribution in [1.29, 1.82) is 0 Å². The van der Waals surface area contributed by atoms with Gasteiger partial charge in [0.2, 0.25) is 0 Å². The Morgan fingerprint density at radius 2 is 2.18 bits per heavy atom. The van der Waals surface area contributed by atoms with Crippen LogP contribution in [0.4, 0.5) is 10.1 Å². The number of hydrogen-bond donors (Lipinski definition) is 1. The predicted octanol–water partition coefficient (Wildman–Crippen LogP) is 4.05. The molecule has 2 aromatic heterocycles. The molecule has 0 saturated heterocycles. The zero-order valence-electron chi connectivity index (χ0n) is 9.03. The highest BCUT2D eigenvalue weighted by molar-refractivity contribution is 7.25. The van der Waals surface area contributed by atoms with Crippen molar-refractivity contribution in [3.63, 3.8) is 0 Å². The average Bonchev–Trinajstić information content (AvgIpc) is 2.83. The third-order valence-electron chi connectivity index (χ3n) is 2.57. The van der Waals surface area contributed by atoms with Gasteiger partial charge in [-0.3, -0.25) is 0 Å². The van der Waals surface area contributed by atoms with Gasteiger partial charge in [-0.05, 0) is 30.0 Å². The normalized spacial score (nSPS) is 11.2. The Labute approximate surface area is 106 Å². The minimum Gasteiger partial charge on any atom is -0.397 e. The summed E-state index contributed by atoms with van der Waals surface area (Å²) in [5, 5.41) is 2.87. The molecule has 2 heterocycles. The summed E-state index contributed by atoms with van der Waals surface area (Å²) in [6, 6.07) is 4.65. The van der Waals surface area contributed by atoms with Crippen molar-refractivity contribution in [2.24, 2.45) is 0 Å². The fourth-order valence-corrected chi connectivity index (χ4v) is 3.64. The first-order valence-electron chi connectivity index (χ1n) is 5.05. The number of aromatic nitrogens is 1. The molecule has 0 aliphatic heterocycles. The van der Waals surface area contributed by atoms with E-state index >= 15 is 0 Å². The van der Waals surface area contributed by atoms with Crippen LogP contribution >= 0.6 is 22.7 Å². The second kappa shape index (κ2) is 3.78. The van der Waals surface area contributed by atoms with Crippen LogP contribution in [0.5, 0.6) is 0 Å². The number of hydrogen-bond acceptors (Lipinski definition) is 4. The van der Waals surface area contributed by atoms with E-state index in [1.165, 1.54) is 23.5 Å². The number of anilines is 1. The van der Waals surface area contributed by atoms with E-state index in [2.05, 4.69) is 4.98 Å². The van der Waals surface area contributed by atoms with Crippen molar-refractivity contribution in [2.45, 2.75) is 6.92 Å². The summed E-state index contributed by atoms with van der Waals surface area (Å²) in [6.07, 6.45) is 0. The second-order valence-corrected chi connectivity index (χ2v) is 5.70. The van der Waals surface area contributed by atoms with E-state index < -0.39 is 0 Å². The molecule has 0 aliphatic carbocycles. The van der Waals surface area contributed by atoms with Gasteiger partial charge in [-0.15, -0.1) is 22.7 Å². The van der Waals surface area contributed by atoms with Gasteiger partial charge in [0.1, 0.15) is 10.8 Å². The zero-order valence-corrected chi connectivity index (χ0v) is 10.7. The highest BCUT2D eigenvalue weighted by Gasteiger charge is 2.12. The number of nitrogens with two attached hydrogens (primary N) is 1. The van der Waals surface area contributed by atoms with E-state index in [0.717, 1.165) is 25.8 Å². The summed E-state index contributed by atoms with van der Waals surface area (Å²) < 4.78 is 14.1. The van der Waals surface area contributed by atoms with E-state index in [1.54, 1.807) is 17.4 Å². The van der Waals surface area contributed by atoms with Crippen LogP contribution in [0.15, 0.2) is 23.6 Å². The molecule has 0 saturated carbocycles. The lowest BCUT2D eigenvalue weighted by atomic mass is 10.3. The van der Waals surface area contributed by atoms with Crippen LogP contribution in [-0.2, 0) is 0 Å². The molecule has 86 valence electrons. The highest BCUT2D eigenvalue weighted by atomic mass is 32.1. The quantitative estimate of drug-likeness (QED) is 0.720. The Hall–Kier alpha value is -1.46. The van der Waals surface area contributed by atoms with Crippen molar-refractivity contribution in [1.82, 2.24) is 4.98 Å². The lowest BCUT2D eigenvalue weighted by Crippen LogP contribution is -1.86. The molecule has 0 bridgehead atoms. The van der Waals surface area contributed by atoms with Gasteiger partial charge < -0.3 is 5.73 Å². The number of thiazole rings is 1. The maximum absolute atomic E-state index is 13.1. The van der Waals surface area contributed by atoms with Crippen molar-refractivity contribution in [2.75, 3.05) is 5.73 Å². The first kappa shape index (κ1) is 10.7. The maximum atomic E-state index is 13.1. The molecular formula is C12H9FN2S2. The molecule has 0 radical (unpaired) electrons. The fraction of sp³-hybridized carbons (Fsp3) is 0.0833. The standard InChI is InChI=1S/C12H9FN2S2/c1-6-5-16-11(10(6)14)12-15-8-4-7(13)2-3-9(8)17-12/h2-5H,14H2,1H3. The summed E-state index contributed by atoms with van der Waals surface area (Å²) in [5.41, 5.74) is 8.52. The van der Waals surface area contributed by atoms with Crippen LogP contribution in [0, 0.1) is 12.7 Å². The maximum Gasteiger partial charge on any atom is 0.136 e. The van der Waals surface area contributed by atoms with Crippen LogP contribution in [-0.4, -0.2) is 4.98 Å². The SMILES string of the molecule is Cc1csc(-c2nc3cc(F)ccc3s2)c1N. The molecule has 0 fully saturated rings. The molecule has 0 aliphatic rings. The van der Waals surface area contributed by atoms with Gasteiger partial charge in [0.25, 0.3) is 0 Å². The number of aryl methyl sites for hydroxylation is 1. The van der Waals surface area contributed by atoms with E-state index in [0.29, 0.717) is 5.52 Å². The summed E-state index contributed by atoms with van der Waals surface area (Å²) in [5.74, 6) is -0.260. The van der Waals surface area contributed by atoms with Crippen LogP contribution in [0.3, 0.4) is 0 Å². The highest BCUT2D eigenvalue weighted by Crippen LogP contribution is 2.38. The van der Waals surface area contributed by atoms with Gasteiger partial charge in [-0.2, -0.15) is 0 Å². The van der Waals surface area contributed by atoms with Crippen molar-refractivity contribution < 1.29 is 4.39 Å². The Balaban J connectivity index is 2.21. The van der Waals surface area contributed by atoms with Crippen molar-refractivity contribution in [3.8, 4) is 9.88 Å². The summed E-state index contributed by atoms with van der Waals surface area (Å²) >= 11 is 3.12. The number of thiophene rings is 1. The van der Waals surface area contributed by atoms with Gasteiger partial charge in [0.05, 0.1) is 20.8 Å². The third kappa shape index (κ3) is 1.71. The first-order chi connectivity index (χ1) is 8.15. The topological polar surface area (TPSA) is 38.9 Å². The molecule has 3 aromatic rings. The molecule has 0 amide bonds. The van der Waals surface area contributed by atoms with E-state index in [1.807, 2.05) is 12.3 Å². The lowest BCUT2D eigenvalue weighted by Gasteiger charge is -1.93. The van der Waals surface area contributed by atoms with E-state index in [-0.39, 0.29) is 5.82 Å². The van der Waals surface area contributed by atoms with E-state index in [4.69, 9.17) is 5.73 Å². The van der Waals surface area contributed by atoms with Crippen LogP contribution in [0.2, 0.25) is 0 Å². The minimum atomic E-state index is -0.260. The second-order valence-electron chi connectivity index (χ2n) is 3.79. The molecule has 3 rings (SSSR count). The molecule has 2 nitrogen and oxygen atoms in total. The minimum absolute atomic E-state index is 0.260. The average molecular weight is 264 g/mol. The van der Waals surface area contributed by atoms with Crippen molar-refractivity contribution >= 4 is 38.6 Å². The number of halogens is 1. The Kier molecular flexibility index (Phi) is 2.38. The monoisotopic (exact) mass is 264 g/mol. The first-order valence-corrected chi connectivity index (χ1v) is 6.75. The largest absolute Gasteiger partial charge is 0.397 e. The zero-order chi connectivity index (χ0) is 12.0. The fourth-order valence-electron chi connectivity index (χ4n) is 1.62. The molecule has 1 aromatic carbocycles. The molecule has 5 heteroatoms. The third-order valence-corrected chi connectivity index (χ3v) is 4.87. The van der Waals surface area contributed by atoms with Crippen molar-refractivity contribution in [3.05, 3.63) is 35.0 Å². The summed E-state index contributed by atoms with van der Waals surface area (Å²) in [7, 11) is 0. The van der Waals surface area contributed by atoms with Gasteiger partial charge >= 0.3 is 0 Å². The summed E-state index contributed by atoms with van der Waals surface area (Å²) in [6.45, 7) is 1.97. The smallest absolute Gasteiger partial charge is 0.136 e. The van der Waals surface area contributed by atoms with Gasteiger partial charge in [-0.1, -0.05) is 0 Å². The lowest BCUT2D eigenvalue weighted by molar-refractivity contribution is 0.629.